The standard InChI is InChI=1S/C24H29NO5/c1-13-10-17(13)24(26)25-19-9-6-14-11-20(28-3)22(29-4)23(30-5)21(14)16-8-7-15(27-2)12-18(16)19/h7-8,11-13,17,19H,6,9-10H2,1-5H3,(H,25,26). The molecule has 160 valence electrons. The third-order valence-corrected chi connectivity index (χ3v) is 6.28. The molecule has 4 rings (SSSR count). The molecule has 0 aliphatic heterocycles. The van der Waals surface area contributed by atoms with Gasteiger partial charge in [-0.3, -0.25) is 4.79 Å². The van der Waals surface area contributed by atoms with Crippen molar-refractivity contribution in [2.45, 2.75) is 32.2 Å². The molecule has 0 bridgehead atoms. The highest BCUT2D eigenvalue weighted by Crippen LogP contribution is 2.51. The van der Waals surface area contributed by atoms with Gasteiger partial charge in [-0.15, -0.1) is 0 Å². The Bertz CT molecular complexity index is 971. The summed E-state index contributed by atoms with van der Waals surface area (Å²) in [6, 6.07) is 7.89. The van der Waals surface area contributed by atoms with Crippen LogP contribution in [0.4, 0.5) is 0 Å². The second-order valence-electron chi connectivity index (χ2n) is 8.05. The van der Waals surface area contributed by atoms with Crippen LogP contribution in [0, 0.1) is 11.8 Å². The maximum atomic E-state index is 12.8. The molecule has 2 aliphatic carbocycles. The normalized spacial score (nSPS) is 21.6. The molecule has 0 saturated heterocycles. The van der Waals surface area contributed by atoms with E-state index in [0.717, 1.165) is 47.3 Å². The minimum absolute atomic E-state index is 0.107. The van der Waals surface area contributed by atoms with Crippen LogP contribution in [-0.4, -0.2) is 34.3 Å². The summed E-state index contributed by atoms with van der Waals surface area (Å²) in [5.41, 5.74) is 4.12. The molecule has 0 spiro atoms. The Kier molecular flexibility index (Phi) is 5.50. The van der Waals surface area contributed by atoms with Gasteiger partial charge < -0.3 is 24.3 Å². The fourth-order valence-corrected chi connectivity index (χ4v) is 4.45. The van der Waals surface area contributed by atoms with Crippen molar-refractivity contribution in [3.63, 3.8) is 0 Å². The van der Waals surface area contributed by atoms with Gasteiger partial charge in [0.1, 0.15) is 5.75 Å². The summed E-state index contributed by atoms with van der Waals surface area (Å²) in [7, 11) is 6.52. The second-order valence-corrected chi connectivity index (χ2v) is 8.05. The summed E-state index contributed by atoms with van der Waals surface area (Å²) in [5.74, 6) is 3.32. The van der Waals surface area contributed by atoms with E-state index in [-0.39, 0.29) is 17.9 Å². The number of nitrogens with one attached hydrogen (secondary N) is 1. The van der Waals surface area contributed by atoms with E-state index in [9.17, 15) is 4.79 Å². The lowest BCUT2D eigenvalue weighted by atomic mass is 9.93. The molecule has 2 aromatic rings. The zero-order chi connectivity index (χ0) is 21.4. The van der Waals surface area contributed by atoms with Crippen LogP contribution in [0.1, 0.15) is 36.9 Å². The van der Waals surface area contributed by atoms with Gasteiger partial charge in [0.25, 0.3) is 0 Å². The molecule has 1 amide bonds. The molecule has 6 heteroatoms. The van der Waals surface area contributed by atoms with Gasteiger partial charge in [-0.05, 0) is 60.1 Å². The molecule has 0 radical (unpaired) electrons. The summed E-state index contributed by atoms with van der Waals surface area (Å²) >= 11 is 0. The number of methoxy groups -OCH3 is 4. The lowest BCUT2D eigenvalue weighted by Crippen LogP contribution is -2.30. The largest absolute Gasteiger partial charge is 0.497 e. The average molecular weight is 411 g/mol. The molecule has 0 aromatic heterocycles. The summed E-state index contributed by atoms with van der Waals surface area (Å²) in [5, 5.41) is 3.29. The van der Waals surface area contributed by atoms with Crippen LogP contribution in [0.15, 0.2) is 24.3 Å². The molecular formula is C24H29NO5. The molecular weight excluding hydrogens is 382 g/mol. The van der Waals surface area contributed by atoms with Crippen LogP contribution in [0.5, 0.6) is 23.0 Å². The topological polar surface area (TPSA) is 66.0 Å². The van der Waals surface area contributed by atoms with Gasteiger partial charge in [-0.1, -0.05) is 13.0 Å². The summed E-state index contributed by atoms with van der Waals surface area (Å²) in [6.45, 7) is 2.12. The number of benzene rings is 2. The van der Waals surface area contributed by atoms with E-state index >= 15 is 0 Å². The van der Waals surface area contributed by atoms with Crippen molar-refractivity contribution >= 4 is 5.91 Å². The van der Waals surface area contributed by atoms with E-state index in [2.05, 4.69) is 12.2 Å². The number of carbonyl (C=O) groups excluding carboxylic acids is 1. The predicted octanol–water partition coefficient (Wildman–Crippen LogP) is 4.15. The Morgan fingerprint density at radius 2 is 1.73 bits per heavy atom. The van der Waals surface area contributed by atoms with Crippen LogP contribution in [0.3, 0.4) is 0 Å². The second kappa shape index (κ2) is 8.09. The van der Waals surface area contributed by atoms with Gasteiger partial charge in [0.05, 0.1) is 34.5 Å². The highest BCUT2D eigenvalue weighted by Gasteiger charge is 2.40. The van der Waals surface area contributed by atoms with Crippen molar-refractivity contribution in [1.82, 2.24) is 5.32 Å². The highest BCUT2D eigenvalue weighted by molar-refractivity contribution is 5.85. The van der Waals surface area contributed by atoms with Crippen molar-refractivity contribution in [3.05, 3.63) is 35.4 Å². The van der Waals surface area contributed by atoms with Crippen LogP contribution in [0.2, 0.25) is 0 Å². The Hall–Kier alpha value is -2.89. The minimum Gasteiger partial charge on any atom is -0.497 e. The smallest absolute Gasteiger partial charge is 0.223 e. The van der Waals surface area contributed by atoms with Gasteiger partial charge in [0.15, 0.2) is 11.5 Å². The lowest BCUT2D eigenvalue weighted by molar-refractivity contribution is -0.123. The molecule has 3 atom stereocenters. The summed E-state index contributed by atoms with van der Waals surface area (Å²) in [4.78, 5) is 12.8. The summed E-state index contributed by atoms with van der Waals surface area (Å²) in [6.07, 6.45) is 2.51. The molecule has 0 heterocycles. The number of fused-ring (bicyclic) bond motifs is 3. The van der Waals surface area contributed by atoms with Crippen LogP contribution in [0.25, 0.3) is 11.1 Å². The maximum Gasteiger partial charge on any atom is 0.223 e. The monoisotopic (exact) mass is 411 g/mol. The number of carbonyl (C=O) groups is 1. The van der Waals surface area contributed by atoms with Gasteiger partial charge in [0, 0.05) is 11.5 Å². The Morgan fingerprint density at radius 1 is 1.00 bits per heavy atom. The molecule has 3 unspecified atom stereocenters. The summed E-state index contributed by atoms with van der Waals surface area (Å²) < 4.78 is 22.5. The Labute approximate surface area is 177 Å². The van der Waals surface area contributed by atoms with Crippen molar-refractivity contribution in [2.75, 3.05) is 28.4 Å². The molecule has 1 saturated carbocycles. The molecule has 1 N–H and O–H groups in total. The fraction of sp³-hybridized carbons (Fsp3) is 0.458. The molecule has 30 heavy (non-hydrogen) atoms. The van der Waals surface area contributed by atoms with E-state index in [1.54, 1.807) is 28.4 Å². The number of rotatable bonds is 6. The molecule has 6 nitrogen and oxygen atoms in total. The zero-order valence-corrected chi connectivity index (χ0v) is 18.2. The number of hydrogen-bond acceptors (Lipinski definition) is 5. The van der Waals surface area contributed by atoms with E-state index < -0.39 is 0 Å². The molecule has 2 aliphatic rings. The predicted molar refractivity (Wildman–Crippen MR) is 115 cm³/mol. The van der Waals surface area contributed by atoms with E-state index in [4.69, 9.17) is 18.9 Å². The van der Waals surface area contributed by atoms with Gasteiger partial charge in [-0.25, -0.2) is 0 Å². The number of aryl methyl sites for hydroxylation is 1. The third-order valence-electron chi connectivity index (χ3n) is 6.28. The third kappa shape index (κ3) is 3.44. The quantitative estimate of drug-likeness (QED) is 0.774. The molecule has 2 aromatic carbocycles. The van der Waals surface area contributed by atoms with E-state index in [0.29, 0.717) is 23.2 Å². The van der Waals surface area contributed by atoms with Crippen LogP contribution in [-0.2, 0) is 11.2 Å². The van der Waals surface area contributed by atoms with Crippen molar-refractivity contribution < 1.29 is 23.7 Å². The van der Waals surface area contributed by atoms with Crippen LogP contribution < -0.4 is 24.3 Å². The van der Waals surface area contributed by atoms with Gasteiger partial charge in [-0.2, -0.15) is 0 Å². The van der Waals surface area contributed by atoms with E-state index in [1.807, 2.05) is 24.3 Å². The van der Waals surface area contributed by atoms with Crippen molar-refractivity contribution in [3.8, 4) is 34.1 Å². The van der Waals surface area contributed by atoms with Crippen molar-refractivity contribution in [1.29, 1.82) is 0 Å². The van der Waals surface area contributed by atoms with Gasteiger partial charge in [0.2, 0.25) is 11.7 Å². The van der Waals surface area contributed by atoms with Crippen molar-refractivity contribution in [2.24, 2.45) is 11.8 Å². The fourth-order valence-electron chi connectivity index (χ4n) is 4.45. The van der Waals surface area contributed by atoms with Gasteiger partial charge >= 0.3 is 0 Å². The zero-order valence-electron chi connectivity index (χ0n) is 18.2. The number of amides is 1. The highest BCUT2D eigenvalue weighted by atomic mass is 16.5. The first kappa shape index (κ1) is 20.4. The minimum atomic E-state index is -0.107. The first-order valence-corrected chi connectivity index (χ1v) is 10.3. The van der Waals surface area contributed by atoms with E-state index in [1.165, 1.54) is 0 Å². The molecule has 1 fully saturated rings. The Morgan fingerprint density at radius 3 is 2.33 bits per heavy atom. The SMILES string of the molecule is COc1ccc2c(c1)C(NC(=O)C1CC1C)CCc1cc(OC)c(OC)c(OC)c1-2. The first-order valence-electron chi connectivity index (χ1n) is 10.3. The Balaban J connectivity index is 1.86. The van der Waals surface area contributed by atoms with Crippen LogP contribution >= 0.6 is 0 Å². The number of ether oxygens (including phenoxy) is 4. The average Bonchev–Trinajstić information content (AvgIpc) is 3.53. The lowest BCUT2D eigenvalue weighted by Gasteiger charge is -2.22. The maximum absolute atomic E-state index is 12.8. The number of hydrogen-bond donors (Lipinski definition) is 1. The first-order chi connectivity index (χ1) is 14.5.